The van der Waals surface area contributed by atoms with Crippen LogP contribution < -0.4 is 5.32 Å². The Morgan fingerprint density at radius 1 is 0.947 bits per heavy atom. The van der Waals surface area contributed by atoms with E-state index >= 15 is 0 Å². The number of hydrogen-bond donors (Lipinski definition) is 2. The van der Waals surface area contributed by atoms with Gasteiger partial charge in [-0.3, -0.25) is 4.79 Å². The topological polar surface area (TPSA) is 84.2 Å². The van der Waals surface area contributed by atoms with Crippen molar-refractivity contribution in [2.75, 3.05) is 0 Å². The highest BCUT2D eigenvalue weighted by Gasteiger charge is 2.28. The van der Waals surface area contributed by atoms with Crippen LogP contribution in [0.2, 0.25) is 5.02 Å². The van der Waals surface area contributed by atoms with E-state index in [4.69, 9.17) is 16.6 Å². The number of halogens is 1. The molecule has 1 heterocycles. The largest absolute Gasteiger partial charge is 0.480 e. The normalized spacial score (nSPS) is 11.9. The molecular formula is C31H32ClN3O3. The van der Waals surface area contributed by atoms with Crippen molar-refractivity contribution in [2.45, 2.75) is 51.1 Å². The molecule has 0 radical (unpaired) electrons. The number of carboxylic acids is 1. The molecule has 4 aromatic rings. The maximum atomic E-state index is 13.5. The summed E-state index contributed by atoms with van der Waals surface area (Å²) in [5.41, 5.74) is 3.18. The minimum atomic E-state index is -1.12. The summed E-state index contributed by atoms with van der Waals surface area (Å²) < 4.78 is 2.03. The molecule has 196 valence electrons. The highest BCUT2D eigenvalue weighted by atomic mass is 35.5. The Morgan fingerprint density at radius 3 is 2.13 bits per heavy atom. The van der Waals surface area contributed by atoms with Crippen molar-refractivity contribution in [1.82, 2.24) is 14.9 Å². The number of amides is 1. The standard InChI is InChI=1S/C31H32ClN3O3/c1-2-3-18-28-33-25(21-35(28)20-24-16-10-11-17-26(24)32)19-27(31(37)38)34-30(36)29(22-12-6-4-7-13-22)23-14-8-5-9-15-23/h4-17,21,27,29H,2-3,18-20H2,1H3,(H,34,36)(H,37,38). The molecule has 0 saturated carbocycles. The fraction of sp³-hybridized carbons (Fsp3) is 0.258. The number of aryl methyl sites for hydroxylation is 1. The smallest absolute Gasteiger partial charge is 0.326 e. The van der Waals surface area contributed by atoms with Crippen molar-refractivity contribution in [3.63, 3.8) is 0 Å². The lowest BCUT2D eigenvalue weighted by atomic mass is 9.90. The quantitative estimate of drug-likeness (QED) is 0.240. The third-order valence-electron chi connectivity index (χ3n) is 6.52. The van der Waals surface area contributed by atoms with Gasteiger partial charge in [0.2, 0.25) is 5.91 Å². The molecule has 1 atom stereocenters. The van der Waals surface area contributed by atoms with Gasteiger partial charge in [-0.25, -0.2) is 9.78 Å². The Balaban J connectivity index is 1.57. The van der Waals surface area contributed by atoms with Crippen molar-refractivity contribution in [1.29, 1.82) is 0 Å². The van der Waals surface area contributed by atoms with E-state index in [2.05, 4.69) is 12.2 Å². The van der Waals surface area contributed by atoms with Crippen LogP contribution in [0.25, 0.3) is 0 Å². The summed E-state index contributed by atoms with van der Waals surface area (Å²) in [6, 6.07) is 25.3. The fourth-order valence-electron chi connectivity index (χ4n) is 4.54. The number of imidazole rings is 1. The number of carbonyl (C=O) groups excluding carboxylic acids is 1. The summed E-state index contributed by atoms with van der Waals surface area (Å²) in [6.45, 7) is 2.66. The second-order valence-corrected chi connectivity index (χ2v) is 9.74. The molecule has 0 aliphatic heterocycles. The third-order valence-corrected chi connectivity index (χ3v) is 6.89. The van der Waals surface area contributed by atoms with E-state index in [1.54, 1.807) is 0 Å². The Bertz CT molecular complexity index is 1320. The summed E-state index contributed by atoms with van der Waals surface area (Å²) in [7, 11) is 0. The molecule has 0 bridgehead atoms. The van der Waals surface area contributed by atoms with E-state index in [0.717, 1.165) is 41.8 Å². The number of rotatable bonds is 12. The predicted molar refractivity (Wildman–Crippen MR) is 149 cm³/mol. The molecule has 4 rings (SSSR count). The Hall–Kier alpha value is -3.90. The zero-order valence-corrected chi connectivity index (χ0v) is 22.1. The lowest BCUT2D eigenvalue weighted by Gasteiger charge is -2.21. The second-order valence-electron chi connectivity index (χ2n) is 9.33. The van der Waals surface area contributed by atoms with Crippen LogP contribution in [0.1, 0.15) is 53.9 Å². The van der Waals surface area contributed by atoms with E-state index in [-0.39, 0.29) is 12.3 Å². The van der Waals surface area contributed by atoms with E-state index in [1.165, 1.54) is 0 Å². The van der Waals surface area contributed by atoms with Crippen LogP contribution in [0.4, 0.5) is 0 Å². The van der Waals surface area contributed by atoms with Crippen LogP contribution in [-0.4, -0.2) is 32.6 Å². The summed E-state index contributed by atoms with van der Waals surface area (Å²) >= 11 is 6.39. The molecule has 1 unspecified atom stereocenters. The van der Waals surface area contributed by atoms with E-state index in [0.29, 0.717) is 17.3 Å². The molecule has 0 spiro atoms. The lowest BCUT2D eigenvalue weighted by molar-refractivity contribution is -0.141. The third kappa shape index (κ3) is 6.90. The lowest BCUT2D eigenvalue weighted by Crippen LogP contribution is -2.44. The van der Waals surface area contributed by atoms with Gasteiger partial charge in [0.15, 0.2) is 0 Å². The highest BCUT2D eigenvalue weighted by molar-refractivity contribution is 6.31. The van der Waals surface area contributed by atoms with Gasteiger partial charge in [0.25, 0.3) is 0 Å². The zero-order valence-electron chi connectivity index (χ0n) is 21.4. The Labute approximate surface area is 228 Å². The molecule has 0 aliphatic rings. The minimum absolute atomic E-state index is 0.0754. The molecule has 7 heteroatoms. The molecule has 0 saturated heterocycles. The van der Waals surface area contributed by atoms with Gasteiger partial charge >= 0.3 is 5.97 Å². The van der Waals surface area contributed by atoms with Gasteiger partial charge in [0.05, 0.1) is 18.2 Å². The fourth-order valence-corrected chi connectivity index (χ4v) is 4.74. The van der Waals surface area contributed by atoms with E-state index in [9.17, 15) is 14.7 Å². The van der Waals surface area contributed by atoms with Gasteiger partial charge in [-0.15, -0.1) is 0 Å². The Morgan fingerprint density at radius 2 is 1.55 bits per heavy atom. The first-order valence-corrected chi connectivity index (χ1v) is 13.3. The van der Waals surface area contributed by atoms with Gasteiger partial charge in [-0.2, -0.15) is 0 Å². The van der Waals surface area contributed by atoms with Gasteiger partial charge in [-0.1, -0.05) is 104 Å². The molecular weight excluding hydrogens is 498 g/mol. The number of aromatic nitrogens is 2. The Kier molecular flexibility index (Phi) is 9.33. The van der Waals surface area contributed by atoms with Gasteiger partial charge in [-0.05, 0) is 29.2 Å². The number of aliphatic carboxylic acids is 1. The molecule has 1 aromatic heterocycles. The highest BCUT2D eigenvalue weighted by Crippen LogP contribution is 2.25. The summed E-state index contributed by atoms with van der Waals surface area (Å²) in [6.07, 6.45) is 4.71. The van der Waals surface area contributed by atoms with Crippen molar-refractivity contribution in [3.05, 3.63) is 124 Å². The number of hydrogen-bond acceptors (Lipinski definition) is 3. The van der Waals surface area contributed by atoms with Crippen LogP contribution in [0.3, 0.4) is 0 Å². The first-order chi connectivity index (χ1) is 18.5. The van der Waals surface area contributed by atoms with Crippen LogP contribution in [-0.2, 0) is 29.0 Å². The van der Waals surface area contributed by atoms with Crippen molar-refractivity contribution < 1.29 is 14.7 Å². The second kappa shape index (κ2) is 13.1. The minimum Gasteiger partial charge on any atom is -0.480 e. The van der Waals surface area contributed by atoms with Crippen LogP contribution >= 0.6 is 11.6 Å². The van der Waals surface area contributed by atoms with Crippen molar-refractivity contribution in [3.8, 4) is 0 Å². The van der Waals surface area contributed by atoms with Gasteiger partial charge in [0, 0.05) is 24.1 Å². The number of nitrogens with one attached hydrogen (secondary N) is 1. The molecule has 38 heavy (non-hydrogen) atoms. The number of nitrogens with zero attached hydrogens (tertiary/aromatic N) is 2. The van der Waals surface area contributed by atoms with Crippen LogP contribution in [0, 0.1) is 0 Å². The predicted octanol–water partition coefficient (Wildman–Crippen LogP) is 5.87. The van der Waals surface area contributed by atoms with Gasteiger partial charge in [0.1, 0.15) is 11.9 Å². The molecule has 0 fully saturated rings. The average molecular weight is 530 g/mol. The summed E-state index contributed by atoms with van der Waals surface area (Å²) in [4.78, 5) is 30.6. The molecule has 3 aromatic carbocycles. The number of benzene rings is 3. The van der Waals surface area contributed by atoms with Crippen LogP contribution in [0.15, 0.2) is 91.1 Å². The zero-order chi connectivity index (χ0) is 26.9. The SMILES string of the molecule is CCCCc1nc(CC(NC(=O)C(c2ccccc2)c2ccccc2)C(=O)O)cn1Cc1ccccc1Cl. The molecule has 1 amide bonds. The number of carboxylic acid groups (broad SMARTS) is 1. The summed E-state index contributed by atoms with van der Waals surface area (Å²) in [5, 5.41) is 13.5. The summed E-state index contributed by atoms with van der Waals surface area (Å²) in [5.74, 6) is -1.22. The number of unbranched alkanes of at least 4 members (excludes halogenated alkanes) is 1. The maximum absolute atomic E-state index is 13.5. The first-order valence-electron chi connectivity index (χ1n) is 12.9. The molecule has 6 nitrogen and oxygen atoms in total. The van der Waals surface area contributed by atoms with E-state index in [1.807, 2.05) is 95.7 Å². The molecule has 2 N–H and O–H groups in total. The molecule has 0 aliphatic carbocycles. The van der Waals surface area contributed by atoms with E-state index < -0.39 is 17.9 Å². The van der Waals surface area contributed by atoms with Crippen molar-refractivity contribution in [2.24, 2.45) is 0 Å². The number of carbonyl (C=O) groups is 2. The monoisotopic (exact) mass is 529 g/mol. The maximum Gasteiger partial charge on any atom is 0.326 e. The van der Waals surface area contributed by atoms with Gasteiger partial charge < -0.3 is 15.0 Å². The van der Waals surface area contributed by atoms with Crippen molar-refractivity contribution >= 4 is 23.5 Å². The first kappa shape index (κ1) is 27.1. The average Bonchev–Trinajstić information content (AvgIpc) is 3.30. The van der Waals surface area contributed by atoms with Crippen LogP contribution in [0.5, 0.6) is 0 Å².